The van der Waals surface area contributed by atoms with E-state index >= 15 is 0 Å². The Kier molecular flexibility index (Phi) is 3.89. The third-order valence-corrected chi connectivity index (χ3v) is 2.59. The lowest BCUT2D eigenvalue weighted by Crippen LogP contribution is -2.22. The first kappa shape index (κ1) is 11.8. The maximum Gasteiger partial charge on any atom is 0.172 e. The van der Waals surface area contributed by atoms with Crippen LogP contribution in [0.5, 0.6) is 5.75 Å². The summed E-state index contributed by atoms with van der Waals surface area (Å²) in [6.07, 6.45) is 0.170. The Morgan fingerprint density at radius 3 is 2.53 bits per heavy atom. The number of rotatable bonds is 4. The summed E-state index contributed by atoms with van der Waals surface area (Å²) in [5.41, 5.74) is 2.42. The fourth-order valence-corrected chi connectivity index (χ4v) is 1.34. The second-order valence-electron chi connectivity index (χ2n) is 3.83. The van der Waals surface area contributed by atoms with Crippen LogP contribution in [0.2, 0.25) is 0 Å². The van der Waals surface area contributed by atoms with E-state index in [1.165, 1.54) is 11.1 Å². The van der Waals surface area contributed by atoms with Gasteiger partial charge in [0.15, 0.2) is 11.9 Å². The van der Waals surface area contributed by atoms with Gasteiger partial charge in [0.25, 0.3) is 0 Å². The van der Waals surface area contributed by atoms with Crippen molar-refractivity contribution in [3.8, 4) is 5.75 Å². The van der Waals surface area contributed by atoms with Crippen molar-refractivity contribution in [3.63, 3.8) is 0 Å². The molecule has 0 radical (unpaired) electrons. The Morgan fingerprint density at radius 2 is 2.00 bits per heavy atom. The Hall–Kier alpha value is -1.31. The van der Waals surface area contributed by atoms with Crippen LogP contribution in [0.15, 0.2) is 18.2 Å². The van der Waals surface area contributed by atoms with Gasteiger partial charge in [0.2, 0.25) is 0 Å². The maximum atomic E-state index is 11.3. The van der Waals surface area contributed by atoms with Crippen molar-refractivity contribution >= 4 is 5.78 Å². The summed E-state index contributed by atoms with van der Waals surface area (Å²) in [5, 5.41) is 0. The molecule has 1 aromatic carbocycles. The lowest BCUT2D eigenvalue weighted by atomic mass is 10.1. The topological polar surface area (TPSA) is 26.3 Å². The average molecular weight is 206 g/mol. The van der Waals surface area contributed by atoms with Crippen LogP contribution in [-0.2, 0) is 4.79 Å². The molecule has 0 heterocycles. The molecule has 2 heteroatoms. The summed E-state index contributed by atoms with van der Waals surface area (Å²) in [7, 11) is 0. The van der Waals surface area contributed by atoms with Gasteiger partial charge in [-0.05, 0) is 44.0 Å². The zero-order chi connectivity index (χ0) is 11.4. The Morgan fingerprint density at radius 1 is 1.33 bits per heavy atom. The van der Waals surface area contributed by atoms with Crippen molar-refractivity contribution in [1.29, 1.82) is 0 Å². The van der Waals surface area contributed by atoms with E-state index in [0.717, 1.165) is 5.75 Å². The standard InChI is InChI=1S/C13H18O2/c1-5-13(14)11(4)15-12-7-6-9(2)10(3)8-12/h6-8,11H,5H2,1-4H3. The highest BCUT2D eigenvalue weighted by atomic mass is 16.5. The van der Waals surface area contributed by atoms with Gasteiger partial charge in [-0.15, -0.1) is 0 Å². The van der Waals surface area contributed by atoms with Gasteiger partial charge in [-0.25, -0.2) is 0 Å². The first-order valence-corrected chi connectivity index (χ1v) is 5.31. The molecule has 0 N–H and O–H groups in total. The lowest BCUT2D eigenvalue weighted by Gasteiger charge is -2.13. The number of hydrogen-bond acceptors (Lipinski definition) is 2. The fourth-order valence-electron chi connectivity index (χ4n) is 1.34. The Labute approximate surface area is 91.3 Å². The van der Waals surface area contributed by atoms with Gasteiger partial charge in [-0.1, -0.05) is 13.0 Å². The number of carbonyl (C=O) groups excluding carboxylic acids is 1. The highest BCUT2D eigenvalue weighted by Crippen LogP contribution is 2.18. The number of carbonyl (C=O) groups is 1. The molecule has 2 nitrogen and oxygen atoms in total. The van der Waals surface area contributed by atoms with Crippen molar-refractivity contribution in [3.05, 3.63) is 29.3 Å². The van der Waals surface area contributed by atoms with Gasteiger partial charge in [0.1, 0.15) is 5.75 Å². The van der Waals surface area contributed by atoms with Gasteiger partial charge in [0, 0.05) is 6.42 Å². The largest absolute Gasteiger partial charge is 0.483 e. The summed E-state index contributed by atoms with van der Waals surface area (Å²) < 4.78 is 5.55. The van der Waals surface area contributed by atoms with Crippen molar-refractivity contribution < 1.29 is 9.53 Å². The summed E-state index contributed by atoms with van der Waals surface area (Å²) in [6, 6.07) is 5.88. The number of Topliss-reactive ketones (excluding diaryl/α,β-unsaturated/α-hetero) is 1. The monoisotopic (exact) mass is 206 g/mol. The Balaban J connectivity index is 2.73. The summed E-state index contributed by atoms with van der Waals surface area (Å²) in [5.74, 6) is 0.903. The van der Waals surface area contributed by atoms with Gasteiger partial charge in [-0.2, -0.15) is 0 Å². The van der Waals surface area contributed by atoms with Gasteiger partial charge in [-0.3, -0.25) is 4.79 Å². The first-order chi connectivity index (χ1) is 7.04. The van der Waals surface area contributed by atoms with Crippen LogP contribution < -0.4 is 4.74 Å². The fraction of sp³-hybridized carbons (Fsp3) is 0.462. The third-order valence-electron chi connectivity index (χ3n) is 2.59. The van der Waals surface area contributed by atoms with Gasteiger partial charge < -0.3 is 4.74 Å². The molecule has 0 aliphatic carbocycles. The molecule has 0 saturated carbocycles. The number of hydrogen-bond donors (Lipinski definition) is 0. The van der Waals surface area contributed by atoms with Crippen LogP contribution >= 0.6 is 0 Å². The van der Waals surface area contributed by atoms with Crippen molar-refractivity contribution in [2.75, 3.05) is 0 Å². The molecule has 15 heavy (non-hydrogen) atoms. The molecule has 0 fully saturated rings. The molecule has 1 atom stereocenters. The number of ketones is 1. The quantitative estimate of drug-likeness (QED) is 0.756. The summed E-state index contributed by atoms with van der Waals surface area (Å²) in [4.78, 5) is 11.3. The smallest absolute Gasteiger partial charge is 0.172 e. The lowest BCUT2D eigenvalue weighted by molar-refractivity contribution is -0.124. The first-order valence-electron chi connectivity index (χ1n) is 5.31. The average Bonchev–Trinajstić information content (AvgIpc) is 2.22. The molecule has 0 spiro atoms. The van der Waals surface area contributed by atoms with E-state index in [2.05, 4.69) is 6.92 Å². The van der Waals surface area contributed by atoms with Crippen LogP contribution in [-0.4, -0.2) is 11.9 Å². The van der Waals surface area contributed by atoms with Crippen LogP contribution in [0, 0.1) is 13.8 Å². The van der Waals surface area contributed by atoms with E-state index in [1.54, 1.807) is 6.92 Å². The maximum absolute atomic E-state index is 11.3. The van der Waals surface area contributed by atoms with Crippen LogP contribution in [0.3, 0.4) is 0 Å². The van der Waals surface area contributed by atoms with Gasteiger partial charge >= 0.3 is 0 Å². The predicted molar refractivity (Wildman–Crippen MR) is 61.3 cm³/mol. The minimum atomic E-state index is -0.350. The second kappa shape index (κ2) is 4.96. The van der Waals surface area contributed by atoms with Crippen LogP contribution in [0.1, 0.15) is 31.4 Å². The highest BCUT2D eigenvalue weighted by Gasteiger charge is 2.12. The summed E-state index contributed by atoms with van der Waals surface area (Å²) >= 11 is 0. The van der Waals surface area contributed by atoms with E-state index in [1.807, 2.05) is 32.0 Å². The molecular formula is C13H18O2. The van der Waals surface area contributed by atoms with E-state index < -0.39 is 0 Å². The van der Waals surface area contributed by atoms with Crippen molar-refractivity contribution in [1.82, 2.24) is 0 Å². The highest BCUT2D eigenvalue weighted by molar-refractivity contribution is 5.82. The molecule has 0 amide bonds. The summed E-state index contributed by atoms with van der Waals surface area (Å²) in [6.45, 7) is 7.73. The zero-order valence-electron chi connectivity index (χ0n) is 9.83. The molecule has 0 aliphatic rings. The van der Waals surface area contributed by atoms with E-state index in [4.69, 9.17) is 4.74 Å². The van der Waals surface area contributed by atoms with E-state index in [0.29, 0.717) is 6.42 Å². The minimum absolute atomic E-state index is 0.133. The minimum Gasteiger partial charge on any atom is -0.483 e. The Bertz CT molecular complexity index is 356. The normalized spacial score (nSPS) is 12.3. The molecule has 0 bridgehead atoms. The molecule has 82 valence electrons. The number of aryl methyl sites for hydroxylation is 2. The zero-order valence-corrected chi connectivity index (χ0v) is 9.83. The van der Waals surface area contributed by atoms with Crippen LogP contribution in [0.25, 0.3) is 0 Å². The molecule has 1 rings (SSSR count). The molecule has 0 saturated heterocycles. The van der Waals surface area contributed by atoms with Gasteiger partial charge in [0.05, 0.1) is 0 Å². The van der Waals surface area contributed by atoms with Crippen molar-refractivity contribution in [2.45, 2.75) is 40.2 Å². The molecule has 1 aromatic rings. The molecule has 1 unspecified atom stereocenters. The number of ether oxygens (including phenoxy) is 1. The third kappa shape index (κ3) is 3.08. The van der Waals surface area contributed by atoms with E-state index in [9.17, 15) is 4.79 Å². The SMILES string of the molecule is CCC(=O)C(C)Oc1ccc(C)c(C)c1. The van der Waals surface area contributed by atoms with Crippen molar-refractivity contribution in [2.24, 2.45) is 0 Å². The van der Waals surface area contributed by atoms with E-state index in [-0.39, 0.29) is 11.9 Å². The predicted octanol–water partition coefficient (Wildman–Crippen LogP) is 3.05. The molecule has 0 aromatic heterocycles. The molecular weight excluding hydrogens is 188 g/mol. The molecule has 0 aliphatic heterocycles. The number of benzene rings is 1. The van der Waals surface area contributed by atoms with Crippen LogP contribution in [0.4, 0.5) is 0 Å². The second-order valence-corrected chi connectivity index (χ2v) is 3.83.